The Bertz CT molecular complexity index is 349. The van der Waals surface area contributed by atoms with Crippen molar-refractivity contribution in [1.82, 2.24) is 0 Å². The van der Waals surface area contributed by atoms with E-state index in [2.05, 4.69) is 0 Å². The zero-order chi connectivity index (χ0) is 11.4. The molecule has 3 nitrogen and oxygen atoms in total. The van der Waals surface area contributed by atoms with E-state index in [4.69, 9.17) is 9.47 Å². The Labute approximate surface area is 96.0 Å². The fraction of sp³-hybridized carbons (Fsp3) is 0.538. The summed E-state index contributed by atoms with van der Waals surface area (Å²) in [5.41, 5.74) is 2.25. The van der Waals surface area contributed by atoms with Crippen LogP contribution < -0.4 is 4.74 Å². The maximum absolute atomic E-state index is 9.87. The van der Waals surface area contributed by atoms with Crippen molar-refractivity contribution in [2.75, 3.05) is 13.4 Å². The third kappa shape index (κ3) is 2.54. The average molecular weight is 222 g/mol. The highest BCUT2D eigenvalue weighted by atomic mass is 16.7. The van der Waals surface area contributed by atoms with Crippen LogP contribution in [0, 0.1) is 0 Å². The van der Waals surface area contributed by atoms with Gasteiger partial charge in [-0.2, -0.15) is 0 Å². The summed E-state index contributed by atoms with van der Waals surface area (Å²) in [6.07, 6.45) is 2.63. The van der Waals surface area contributed by atoms with Crippen molar-refractivity contribution in [3.8, 4) is 5.75 Å². The second-order valence-electron chi connectivity index (χ2n) is 4.02. The molecule has 1 aliphatic rings. The van der Waals surface area contributed by atoms with Crippen LogP contribution in [-0.4, -0.2) is 18.5 Å². The molecule has 3 heteroatoms. The van der Waals surface area contributed by atoms with Crippen LogP contribution in [0.3, 0.4) is 0 Å². The van der Waals surface area contributed by atoms with Gasteiger partial charge in [0.2, 0.25) is 0 Å². The van der Waals surface area contributed by atoms with E-state index in [1.165, 1.54) is 5.56 Å². The smallest absolute Gasteiger partial charge is 0.189 e. The Morgan fingerprint density at radius 1 is 1.44 bits per heavy atom. The lowest BCUT2D eigenvalue weighted by Gasteiger charge is -2.21. The minimum Gasteiger partial charge on any atom is -0.468 e. The number of hydrogen-bond acceptors (Lipinski definition) is 3. The van der Waals surface area contributed by atoms with Crippen LogP contribution in [0.2, 0.25) is 0 Å². The number of ether oxygens (including phenoxy) is 2. The first kappa shape index (κ1) is 11.4. The van der Waals surface area contributed by atoms with Gasteiger partial charge in [-0.25, -0.2) is 0 Å². The molecule has 1 N–H and O–H groups in total. The highest BCUT2D eigenvalue weighted by Gasteiger charge is 2.18. The second-order valence-corrected chi connectivity index (χ2v) is 4.02. The summed E-state index contributed by atoms with van der Waals surface area (Å²) in [7, 11) is 0. The summed E-state index contributed by atoms with van der Waals surface area (Å²) in [4.78, 5) is 0. The van der Waals surface area contributed by atoms with E-state index in [0.717, 1.165) is 30.6 Å². The molecule has 2 rings (SSSR count). The molecule has 0 radical (unpaired) electrons. The van der Waals surface area contributed by atoms with E-state index in [-0.39, 0.29) is 12.9 Å². The highest BCUT2D eigenvalue weighted by molar-refractivity contribution is 5.38. The highest BCUT2D eigenvalue weighted by Crippen LogP contribution is 2.32. The van der Waals surface area contributed by atoms with Gasteiger partial charge < -0.3 is 14.6 Å². The normalized spacial score (nSPS) is 19.2. The zero-order valence-corrected chi connectivity index (χ0v) is 9.61. The Morgan fingerprint density at radius 2 is 2.31 bits per heavy atom. The molecule has 1 aromatic carbocycles. The van der Waals surface area contributed by atoms with E-state index in [9.17, 15) is 5.11 Å². The van der Waals surface area contributed by atoms with E-state index >= 15 is 0 Å². The van der Waals surface area contributed by atoms with Gasteiger partial charge in [0, 0.05) is 6.61 Å². The van der Waals surface area contributed by atoms with Crippen molar-refractivity contribution in [2.24, 2.45) is 0 Å². The van der Waals surface area contributed by atoms with Gasteiger partial charge in [0.05, 0.1) is 6.10 Å². The number of benzene rings is 1. The summed E-state index contributed by atoms with van der Waals surface area (Å²) in [5, 5.41) is 9.87. The molecule has 0 unspecified atom stereocenters. The number of aliphatic hydroxyl groups is 1. The van der Waals surface area contributed by atoms with Crippen molar-refractivity contribution in [3.05, 3.63) is 29.3 Å². The van der Waals surface area contributed by atoms with Crippen LogP contribution in [-0.2, 0) is 11.2 Å². The lowest BCUT2D eigenvalue weighted by atomic mass is 9.89. The van der Waals surface area contributed by atoms with E-state index in [1.54, 1.807) is 0 Å². The fourth-order valence-electron chi connectivity index (χ4n) is 2.04. The first-order valence-electron chi connectivity index (χ1n) is 5.82. The fourth-order valence-corrected chi connectivity index (χ4v) is 2.04. The minimum absolute atomic E-state index is 0.269. The summed E-state index contributed by atoms with van der Waals surface area (Å²) in [6, 6.07) is 5.91. The number of aliphatic hydroxyl groups excluding tert-OH is 1. The summed E-state index contributed by atoms with van der Waals surface area (Å²) in [5.74, 6) is 0.771. The van der Waals surface area contributed by atoms with Crippen molar-refractivity contribution < 1.29 is 14.6 Å². The van der Waals surface area contributed by atoms with Crippen LogP contribution >= 0.6 is 0 Å². The molecule has 0 fully saturated rings. The SMILES string of the molecule is CCOCOc1ccc2c(c1)[C@H](O)CCC2. The Balaban J connectivity index is 2.08. The van der Waals surface area contributed by atoms with Crippen LogP contribution in [0.15, 0.2) is 18.2 Å². The molecule has 16 heavy (non-hydrogen) atoms. The van der Waals surface area contributed by atoms with Crippen molar-refractivity contribution in [1.29, 1.82) is 0 Å². The van der Waals surface area contributed by atoms with Gasteiger partial charge in [0.1, 0.15) is 5.75 Å². The van der Waals surface area contributed by atoms with Crippen molar-refractivity contribution in [2.45, 2.75) is 32.3 Å². The van der Waals surface area contributed by atoms with Gasteiger partial charge in [0.25, 0.3) is 0 Å². The van der Waals surface area contributed by atoms with Gasteiger partial charge in [-0.15, -0.1) is 0 Å². The molecule has 0 saturated carbocycles. The standard InChI is InChI=1S/C13H18O3/c1-2-15-9-16-11-7-6-10-4-3-5-13(14)12(10)8-11/h6-8,13-14H,2-5,9H2,1H3/t13-/m1/s1. The molecule has 0 spiro atoms. The van der Waals surface area contributed by atoms with Crippen molar-refractivity contribution >= 4 is 0 Å². The average Bonchev–Trinajstić information content (AvgIpc) is 2.30. The number of rotatable bonds is 4. The largest absolute Gasteiger partial charge is 0.468 e. The van der Waals surface area contributed by atoms with Crippen LogP contribution in [0.25, 0.3) is 0 Å². The molecule has 0 heterocycles. The third-order valence-electron chi connectivity index (χ3n) is 2.91. The van der Waals surface area contributed by atoms with Crippen LogP contribution in [0.5, 0.6) is 5.75 Å². The second kappa shape index (κ2) is 5.32. The molecular formula is C13H18O3. The van der Waals surface area contributed by atoms with Crippen LogP contribution in [0.4, 0.5) is 0 Å². The lowest BCUT2D eigenvalue weighted by Crippen LogP contribution is -2.10. The monoisotopic (exact) mass is 222 g/mol. The maximum Gasteiger partial charge on any atom is 0.189 e. The first-order chi connectivity index (χ1) is 7.81. The number of fused-ring (bicyclic) bond motifs is 1. The molecule has 1 atom stereocenters. The maximum atomic E-state index is 9.87. The van der Waals surface area contributed by atoms with Gasteiger partial charge in [-0.1, -0.05) is 6.07 Å². The van der Waals surface area contributed by atoms with Crippen LogP contribution in [0.1, 0.15) is 37.0 Å². The van der Waals surface area contributed by atoms with Gasteiger partial charge in [0.15, 0.2) is 6.79 Å². The van der Waals surface area contributed by atoms with Crippen molar-refractivity contribution in [3.63, 3.8) is 0 Å². The summed E-state index contributed by atoms with van der Waals surface area (Å²) in [6.45, 7) is 2.85. The van der Waals surface area contributed by atoms with Gasteiger partial charge >= 0.3 is 0 Å². The van der Waals surface area contributed by atoms with E-state index < -0.39 is 0 Å². The summed E-state index contributed by atoms with van der Waals surface area (Å²) < 4.78 is 10.6. The third-order valence-corrected chi connectivity index (χ3v) is 2.91. The number of hydrogen-bond donors (Lipinski definition) is 1. The van der Waals surface area contributed by atoms with Gasteiger partial charge in [-0.05, 0) is 49.4 Å². The molecule has 1 aliphatic carbocycles. The van der Waals surface area contributed by atoms with E-state index in [1.807, 2.05) is 25.1 Å². The molecular weight excluding hydrogens is 204 g/mol. The van der Waals surface area contributed by atoms with Gasteiger partial charge in [-0.3, -0.25) is 0 Å². The Morgan fingerprint density at radius 3 is 3.12 bits per heavy atom. The predicted octanol–water partition coefficient (Wildman–Crippen LogP) is 2.43. The Kier molecular flexibility index (Phi) is 3.80. The lowest BCUT2D eigenvalue weighted by molar-refractivity contribution is 0.0221. The molecule has 0 amide bonds. The molecule has 0 aromatic heterocycles. The molecule has 1 aromatic rings. The topological polar surface area (TPSA) is 38.7 Å². The molecule has 0 saturated heterocycles. The predicted molar refractivity (Wildman–Crippen MR) is 61.5 cm³/mol. The number of aryl methyl sites for hydroxylation is 1. The summed E-state index contributed by atoms with van der Waals surface area (Å²) >= 11 is 0. The minimum atomic E-state index is -0.334. The van der Waals surface area contributed by atoms with E-state index in [0.29, 0.717) is 6.61 Å². The molecule has 0 bridgehead atoms. The molecule has 88 valence electrons. The quantitative estimate of drug-likeness (QED) is 0.628. The first-order valence-corrected chi connectivity index (χ1v) is 5.82. The molecule has 0 aliphatic heterocycles. The zero-order valence-electron chi connectivity index (χ0n) is 9.61. The Hall–Kier alpha value is -1.06.